The van der Waals surface area contributed by atoms with Gasteiger partial charge in [0.2, 0.25) is 5.91 Å². The third-order valence-corrected chi connectivity index (χ3v) is 3.03. The first kappa shape index (κ1) is 11.1. The first-order valence-electron chi connectivity index (χ1n) is 6.06. The normalized spacial score (nSPS) is 18.0. The lowest BCUT2D eigenvalue weighted by Crippen LogP contribution is -2.43. The molecule has 1 aromatic rings. The fraction of sp³-hybridized carbons (Fsp3) is 0.385. The van der Waals surface area contributed by atoms with Crippen molar-refractivity contribution in [1.82, 2.24) is 5.32 Å². The van der Waals surface area contributed by atoms with Gasteiger partial charge in [-0.25, -0.2) is 4.79 Å². The molecule has 0 radical (unpaired) electrons. The summed E-state index contributed by atoms with van der Waals surface area (Å²) in [7, 11) is 0. The maximum Gasteiger partial charge on any atom is 0.331 e. The lowest BCUT2D eigenvalue weighted by molar-refractivity contribution is -0.133. The van der Waals surface area contributed by atoms with Crippen LogP contribution in [0.1, 0.15) is 12.8 Å². The van der Waals surface area contributed by atoms with Crippen molar-refractivity contribution in [2.24, 2.45) is 0 Å². The largest absolute Gasteiger partial charge is 0.423 e. The summed E-state index contributed by atoms with van der Waals surface area (Å²) >= 11 is 0. The van der Waals surface area contributed by atoms with Gasteiger partial charge in [0, 0.05) is 6.04 Å². The number of fused-ring (bicyclic) bond motifs is 1. The van der Waals surface area contributed by atoms with Gasteiger partial charge in [0.15, 0.2) is 5.75 Å². The monoisotopic (exact) mass is 246 g/mol. The van der Waals surface area contributed by atoms with Crippen LogP contribution in [-0.2, 0) is 9.59 Å². The summed E-state index contributed by atoms with van der Waals surface area (Å²) in [4.78, 5) is 25.0. The summed E-state index contributed by atoms with van der Waals surface area (Å²) in [5, 5.41) is 2.91. The number of anilines is 1. The lowest BCUT2D eigenvalue weighted by atomic mass is 10.2. The van der Waals surface area contributed by atoms with Gasteiger partial charge in [-0.15, -0.1) is 0 Å². The number of hydrogen-bond donors (Lipinski definition) is 1. The van der Waals surface area contributed by atoms with Crippen LogP contribution >= 0.6 is 0 Å². The van der Waals surface area contributed by atoms with E-state index in [4.69, 9.17) is 4.74 Å². The molecule has 1 N–H and O–H groups in total. The van der Waals surface area contributed by atoms with E-state index in [9.17, 15) is 9.59 Å². The highest BCUT2D eigenvalue weighted by molar-refractivity contribution is 5.89. The minimum atomic E-state index is -0.326. The number of hydrogen-bond acceptors (Lipinski definition) is 4. The molecule has 0 saturated heterocycles. The van der Waals surface area contributed by atoms with Crippen LogP contribution < -0.4 is 15.0 Å². The summed E-state index contributed by atoms with van der Waals surface area (Å²) in [6.07, 6.45) is 2.12. The minimum absolute atomic E-state index is 0.0398. The smallest absolute Gasteiger partial charge is 0.331 e. The molecular weight excluding hydrogens is 232 g/mol. The zero-order valence-corrected chi connectivity index (χ0v) is 9.89. The van der Waals surface area contributed by atoms with Crippen molar-refractivity contribution in [3.63, 3.8) is 0 Å². The summed E-state index contributed by atoms with van der Waals surface area (Å²) < 4.78 is 5.12. The molecule has 1 aromatic carbocycles. The van der Waals surface area contributed by atoms with Gasteiger partial charge >= 0.3 is 5.97 Å². The standard InChI is InChI=1S/C13H14N2O3/c16-12(14-9-5-6-9)7-15-8-13(17)18-11-4-2-1-3-10(11)15/h1-4,9H,5-8H2,(H,14,16). The number of carbonyl (C=O) groups is 2. The predicted octanol–water partition coefficient (Wildman–Crippen LogP) is 0.691. The van der Waals surface area contributed by atoms with Crippen LogP contribution in [0, 0.1) is 0 Å². The number of para-hydroxylation sites is 2. The van der Waals surface area contributed by atoms with E-state index in [0.717, 1.165) is 18.5 Å². The molecule has 1 aliphatic carbocycles. The van der Waals surface area contributed by atoms with Crippen molar-refractivity contribution in [3.05, 3.63) is 24.3 Å². The molecule has 0 atom stereocenters. The quantitative estimate of drug-likeness (QED) is 0.629. The van der Waals surface area contributed by atoms with Crippen LogP contribution in [0.25, 0.3) is 0 Å². The van der Waals surface area contributed by atoms with Crippen LogP contribution in [-0.4, -0.2) is 31.0 Å². The summed E-state index contributed by atoms with van der Waals surface area (Å²) in [6.45, 7) is 0.317. The Bertz CT molecular complexity index is 497. The fourth-order valence-electron chi connectivity index (χ4n) is 2.02. The molecular formula is C13H14N2O3. The number of nitrogens with zero attached hydrogens (tertiary/aromatic N) is 1. The Morgan fingerprint density at radius 2 is 2.17 bits per heavy atom. The molecule has 0 bridgehead atoms. The van der Waals surface area contributed by atoms with Crippen molar-refractivity contribution in [2.45, 2.75) is 18.9 Å². The SMILES string of the molecule is O=C(CN1CC(=O)Oc2ccccc21)NC1CC1. The van der Waals surface area contributed by atoms with Crippen molar-refractivity contribution < 1.29 is 14.3 Å². The van der Waals surface area contributed by atoms with E-state index in [1.165, 1.54) is 0 Å². The predicted molar refractivity (Wildman–Crippen MR) is 65.5 cm³/mol. The Kier molecular flexibility index (Phi) is 2.66. The third-order valence-electron chi connectivity index (χ3n) is 3.03. The fourth-order valence-corrected chi connectivity index (χ4v) is 2.02. The number of carbonyl (C=O) groups excluding carboxylic acids is 2. The average Bonchev–Trinajstić information content (AvgIpc) is 3.12. The zero-order chi connectivity index (χ0) is 12.5. The molecule has 1 saturated carbocycles. The molecule has 18 heavy (non-hydrogen) atoms. The lowest BCUT2D eigenvalue weighted by Gasteiger charge is -2.29. The molecule has 1 fully saturated rings. The highest BCUT2D eigenvalue weighted by Gasteiger charge is 2.28. The summed E-state index contributed by atoms with van der Waals surface area (Å²) in [5.74, 6) is 0.155. The van der Waals surface area contributed by atoms with Crippen LogP contribution in [0.15, 0.2) is 24.3 Å². The molecule has 1 amide bonds. The molecule has 5 nitrogen and oxygen atoms in total. The molecule has 0 spiro atoms. The molecule has 94 valence electrons. The van der Waals surface area contributed by atoms with Gasteiger partial charge in [-0.3, -0.25) is 4.79 Å². The van der Waals surface area contributed by atoms with Crippen molar-refractivity contribution in [2.75, 3.05) is 18.0 Å². The summed E-state index contributed by atoms with van der Waals surface area (Å²) in [5.41, 5.74) is 0.794. The van der Waals surface area contributed by atoms with Crippen molar-refractivity contribution in [1.29, 1.82) is 0 Å². The highest BCUT2D eigenvalue weighted by Crippen LogP contribution is 2.31. The van der Waals surface area contributed by atoms with Gasteiger partial charge in [0.25, 0.3) is 0 Å². The second-order valence-corrected chi connectivity index (χ2v) is 4.64. The topological polar surface area (TPSA) is 58.6 Å². The Morgan fingerprint density at radius 3 is 2.94 bits per heavy atom. The summed E-state index contributed by atoms with van der Waals surface area (Å²) in [6, 6.07) is 7.60. The molecule has 1 aliphatic heterocycles. The van der Waals surface area contributed by atoms with Gasteiger partial charge in [0.05, 0.1) is 12.2 Å². The zero-order valence-electron chi connectivity index (χ0n) is 9.89. The van der Waals surface area contributed by atoms with Crippen LogP contribution in [0.3, 0.4) is 0 Å². The molecule has 0 unspecified atom stereocenters. The molecule has 2 aliphatic rings. The van der Waals surface area contributed by atoms with Gasteiger partial charge < -0.3 is 15.0 Å². The van der Waals surface area contributed by atoms with E-state index >= 15 is 0 Å². The van der Waals surface area contributed by atoms with E-state index in [2.05, 4.69) is 5.32 Å². The van der Waals surface area contributed by atoms with Gasteiger partial charge in [0.1, 0.15) is 6.54 Å². The first-order chi connectivity index (χ1) is 8.72. The maximum atomic E-state index is 11.8. The Hall–Kier alpha value is -2.04. The van der Waals surface area contributed by atoms with E-state index in [0.29, 0.717) is 11.8 Å². The number of benzene rings is 1. The van der Waals surface area contributed by atoms with E-state index < -0.39 is 0 Å². The highest BCUT2D eigenvalue weighted by atomic mass is 16.5. The van der Waals surface area contributed by atoms with E-state index in [1.54, 1.807) is 17.0 Å². The first-order valence-corrected chi connectivity index (χ1v) is 6.06. The van der Waals surface area contributed by atoms with Gasteiger partial charge in [-0.05, 0) is 25.0 Å². The molecule has 5 heteroatoms. The number of rotatable bonds is 3. The van der Waals surface area contributed by atoms with E-state index in [-0.39, 0.29) is 25.0 Å². The Labute approximate surface area is 105 Å². The number of esters is 1. The maximum absolute atomic E-state index is 11.8. The molecule has 1 heterocycles. The van der Waals surface area contributed by atoms with Gasteiger partial charge in [-0.2, -0.15) is 0 Å². The second-order valence-electron chi connectivity index (χ2n) is 4.64. The Morgan fingerprint density at radius 1 is 1.39 bits per heavy atom. The van der Waals surface area contributed by atoms with Crippen molar-refractivity contribution >= 4 is 17.6 Å². The second kappa shape index (κ2) is 4.33. The van der Waals surface area contributed by atoms with Gasteiger partial charge in [-0.1, -0.05) is 12.1 Å². The van der Waals surface area contributed by atoms with Crippen LogP contribution in [0.2, 0.25) is 0 Å². The Balaban J connectivity index is 1.74. The number of amides is 1. The van der Waals surface area contributed by atoms with Crippen LogP contribution in [0.5, 0.6) is 5.75 Å². The number of ether oxygens (including phenoxy) is 1. The molecule has 0 aromatic heterocycles. The third kappa shape index (κ3) is 2.30. The number of nitrogens with one attached hydrogen (secondary N) is 1. The van der Waals surface area contributed by atoms with E-state index in [1.807, 2.05) is 12.1 Å². The minimum Gasteiger partial charge on any atom is -0.423 e. The van der Waals surface area contributed by atoms with Crippen LogP contribution in [0.4, 0.5) is 5.69 Å². The molecule has 3 rings (SSSR count). The average molecular weight is 246 g/mol. The van der Waals surface area contributed by atoms with Crippen molar-refractivity contribution in [3.8, 4) is 5.75 Å².